The minimum absolute atomic E-state index is 0.00237. The quantitative estimate of drug-likeness (QED) is 0.668. The Bertz CT molecular complexity index is 881. The van der Waals surface area contributed by atoms with Crippen LogP contribution >= 0.6 is 0 Å². The summed E-state index contributed by atoms with van der Waals surface area (Å²) >= 11 is 0. The Morgan fingerprint density at radius 1 is 0.935 bits per heavy atom. The molecule has 0 N–H and O–H groups in total. The minimum atomic E-state index is -0.191. The Morgan fingerprint density at radius 2 is 1.61 bits per heavy atom. The van der Waals surface area contributed by atoms with Gasteiger partial charge in [0.15, 0.2) is 0 Å². The van der Waals surface area contributed by atoms with Crippen molar-refractivity contribution in [1.29, 1.82) is 0 Å². The molecule has 0 spiro atoms. The van der Waals surface area contributed by atoms with Crippen LogP contribution in [0.4, 0.5) is 0 Å². The summed E-state index contributed by atoms with van der Waals surface area (Å²) in [7, 11) is 0. The molecule has 0 aliphatic carbocycles. The van der Waals surface area contributed by atoms with Gasteiger partial charge in [-0.3, -0.25) is 19.4 Å². The van der Waals surface area contributed by atoms with E-state index in [-0.39, 0.29) is 24.0 Å². The zero-order valence-corrected chi connectivity index (χ0v) is 19.0. The number of imide groups is 1. The van der Waals surface area contributed by atoms with Crippen LogP contribution in [0.15, 0.2) is 23.9 Å². The Morgan fingerprint density at radius 3 is 2.26 bits per heavy atom. The summed E-state index contributed by atoms with van der Waals surface area (Å²) in [5, 5.41) is 0. The molecule has 1 aromatic rings. The lowest BCUT2D eigenvalue weighted by Gasteiger charge is -2.37. The van der Waals surface area contributed by atoms with Crippen LogP contribution in [0.5, 0.6) is 0 Å². The normalized spacial score (nSPS) is 25.7. The standard InChI is InChI=1S/C24H33N3O4/c1-16-5-6-20(13-17(16)2)21-22(26-14-18(3)31-19(4)15-26)24(29)27(23(21)28)8-7-25-9-11-30-12-10-25/h5-6,13,18-19H,7-12,14-15H2,1-4H3. The lowest BCUT2D eigenvalue weighted by atomic mass is 9.99. The monoisotopic (exact) mass is 427 g/mol. The maximum atomic E-state index is 13.6. The second-order valence-electron chi connectivity index (χ2n) is 8.90. The number of amides is 2. The Labute approximate surface area is 184 Å². The average Bonchev–Trinajstić information content (AvgIpc) is 2.98. The van der Waals surface area contributed by atoms with Crippen LogP contribution in [0, 0.1) is 13.8 Å². The van der Waals surface area contributed by atoms with Crippen LogP contribution in [0.1, 0.15) is 30.5 Å². The van der Waals surface area contributed by atoms with Crippen molar-refractivity contribution in [2.24, 2.45) is 0 Å². The third kappa shape index (κ3) is 4.54. The predicted molar refractivity (Wildman–Crippen MR) is 118 cm³/mol. The summed E-state index contributed by atoms with van der Waals surface area (Å²) in [6, 6.07) is 6.00. The number of rotatable bonds is 5. The van der Waals surface area contributed by atoms with E-state index in [4.69, 9.17) is 9.47 Å². The van der Waals surface area contributed by atoms with E-state index in [2.05, 4.69) is 16.7 Å². The molecule has 7 heteroatoms. The van der Waals surface area contributed by atoms with Gasteiger partial charge in [0.05, 0.1) is 31.0 Å². The van der Waals surface area contributed by atoms with E-state index >= 15 is 0 Å². The van der Waals surface area contributed by atoms with Crippen molar-refractivity contribution in [1.82, 2.24) is 14.7 Å². The smallest absolute Gasteiger partial charge is 0.277 e. The van der Waals surface area contributed by atoms with Crippen LogP contribution in [-0.2, 0) is 19.1 Å². The van der Waals surface area contributed by atoms with Gasteiger partial charge in [-0.05, 0) is 44.4 Å². The van der Waals surface area contributed by atoms with Crippen LogP contribution in [0.3, 0.4) is 0 Å². The molecule has 2 amide bonds. The Kier molecular flexibility index (Phi) is 6.46. The molecule has 2 saturated heterocycles. The summed E-state index contributed by atoms with van der Waals surface area (Å²) in [5.74, 6) is -0.379. The Hall–Kier alpha value is -2.22. The van der Waals surface area contributed by atoms with E-state index < -0.39 is 0 Å². The molecule has 0 bridgehead atoms. The molecule has 168 valence electrons. The number of aryl methyl sites for hydroxylation is 2. The van der Waals surface area contributed by atoms with Gasteiger partial charge < -0.3 is 14.4 Å². The molecule has 0 aromatic heterocycles. The first kappa shape index (κ1) is 22.0. The number of hydrogen-bond donors (Lipinski definition) is 0. The first-order valence-corrected chi connectivity index (χ1v) is 11.2. The zero-order valence-electron chi connectivity index (χ0n) is 19.0. The molecule has 31 heavy (non-hydrogen) atoms. The highest BCUT2D eigenvalue weighted by Crippen LogP contribution is 2.34. The van der Waals surface area contributed by atoms with Crippen molar-refractivity contribution in [3.8, 4) is 0 Å². The van der Waals surface area contributed by atoms with Crippen molar-refractivity contribution < 1.29 is 19.1 Å². The lowest BCUT2D eigenvalue weighted by molar-refractivity contribution is -0.138. The lowest BCUT2D eigenvalue weighted by Crippen LogP contribution is -2.48. The molecule has 0 saturated carbocycles. The first-order valence-electron chi connectivity index (χ1n) is 11.2. The van der Waals surface area contributed by atoms with E-state index in [9.17, 15) is 9.59 Å². The molecule has 1 aromatic carbocycles. The highest BCUT2D eigenvalue weighted by molar-refractivity contribution is 6.35. The first-order chi connectivity index (χ1) is 14.8. The van der Waals surface area contributed by atoms with Gasteiger partial charge in [0.1, 0.15) is 5.70 Å². The van der Waals surface area contributed by atoms with Gasteiger partial charge in [0, 0.05) is 39.3 Å². The van der Waals surface area contributed by atoms with Gasteiger partial charge >= 0.3 is 0 Å². The highest BCUT2D eigenvalue weighted by atomic mass is 16.5. The van der Waals surface area contributed by atoms with Crippen LogP contribution in [0.25, 0.3) is 5.57 Å². The van der Waals surface area contributed by atoms with Crippen molar-refractivity contribution in [3.05, 3.63) is 40.6 Å². The molecule has 2 atom stereocenters. The van der Waals surface area contributed by atoms with Crippen molar-refractivity contribution in [2.75, 3.05) is 52.5 Å². The third-order valence-electron chi connectivity index (χ3n) is 6.42. The molecule has 2 fully saturated rings. The van der Waals surface area contributed by atoms with Gasteiger partial charge in [-0.1, -0.05) is 18.2 Å². The van der Waals surface area contributed by atoms with Crippen LogP contribution in [-0.4, -0.2) is 91.2 Å². The van der Waals surface area contributed by atoms with Crippen molar-refractivity contribution in [3.63, 3.8) is 0 Å². The van der Waals surface area contributed by atoms with E-state index in [1.807, 2.05) is 39.0 Å². The topological polar surface area (TPSA) is 62.3 Å². The zero-order chi connectivity index (χ0) is 22.1. The summed E-state index contributed by atoms with van der Waals surface area (Å²) < 4.78 is 11.3. The second-order valence-corrected chi connectivity index (χ2v) is 8.90. The number of nitrogens with zero attached hydrogens (tertiary/aromatic N) is 3. The van der Waals surface area contributed by atoms with Gasteiger partial charge in [-0.2, -0.15) is 0 Å². The third-order valence-corrected chi connectivity index (χ3v) is 6.42. The summed E-state index contributed by atoms with van der Waals surface area (Å²) in [6.07, 6.45) is 0.00473. The van der Waals surface area contributed by atoms with Gasteiger partial charge in [0.25, 0.3) is 11.8 Å². The molecule has 0 radical (unpaired) electrons. The van der Waals surface area contributed by atoms with E-state index in [1.54, 1.807) is 0 Å². The molecule has 7 nitrogen and oxygen atoms in total. The number of benzene rings is 1. The molecular formula is C24H33N3O4. The van der Waals surface area contributed by atoms with E-state index in [0.29, 0.717) is 50.7 Å². The van der Waals surface area contributed by atoms with Gasteiger partial charge in [-0.25, -0.2) is 0 Å². The Balaban J connectivity index is 1.66. The summed E-state index contributed by atoms with van der Waals surface area (Å²) in [5.41, 5.74) is 4.14. The van der Waals surface area contributed by atoms with Gasteiger partial charge in [0.2, 0.25) is 0 Å². The number of carbonyl (C=O) groups excluding carboxylic acids is 2. The van der Waals surface area contributed by atoms with Crippen molar-refractivity contribution in [2.45, 2.75) is 39.9 Å². The van der Waals surface area contributed by atoms with Crippen LogP contribution < -0.4 is 0 Å². The van der Waals surface area contributed by atoms with E-state index in [0.717, 1.165) is 24.2 Å². The largest absolute Gasteiger partial charge is 0.379 e. The second kappa shape index (κ2) is 9.10. The number of ether oxygens (including phenoxy) is 2. The molecule has 4 rings (SSSR count). The van der Waals surface area contributed by atoms with E-state index in [1.165, 1.54) is 10.5 Å². The average molecular weight is 428 g/mol. The summed E-state index contributed by atoms with van der Waals surface area (Å²) in [4.78, 5) is 32.8. The van der Waals surface area contributed by atoms with Crippen LogP contribution in [0.2, 0.25) is 0 Å². The predicted octanol–water partition coefficient (Wildman–Crippen LogP) is 1.82. The fraction of sp³-hybridized carbons (Fsp3) is 0.583. The molecule has 3 aliphatic heterocycles. The maximum absolute atomic E-state index is 13.6. The fourth-order valence-electron chi connectivity index (χ4n) is 4.64. The number of hydrogen-bond acceptors (Lipinski definition) is 6. The number of carbonyl (C=O) groups is 2. The molecule has 3 heterocycles. The van der Waals surface area contributed by atoms with Gasteiger partial charge in [-0.15, -0.1) is 0 Å². The molecule has 3 aliphatic rings. The number of morpholine rings is 2. The SMILES string of the molecule is Cc1ccc(C2=C(N3CC(C)OC(C)C3)C(=O)N(CCN3CCOCC3)C2=O)cc1C. The summed E-state index contributed by atoms with van der Waals surface area (Å²) in [6.45, 7) is 13.4. The molecular weight excluding hydrogens is 394 g/mol. The highest BCUT2D eigenvalue weighted by Gasteiger charge is 2.43. The molecule has 2 unspecified atom stereocenters. The van der Waals surface area contributed by atoms with Crippen molar-refractivity contribution >= 4 is 17.4 Å². The maximum Gasteiger partial charge on any atom is 0.277 e. The minimum Gasteiger partial charge on any atom is -0.379 e. The fourth-order valence-corrected chi connectivity index (χ4v) is 4.64.